The Morgan fingerprint density at radius 1 is 1.43 bits per heavy atom. The Morgan fingerprint density at radius 3 is 2.86 bits per heavy atom. The highest BCUT2D eigenvalue weighted by atomic mass is 35.5. The van der Waals surface area contributed by atoms with Gasteiger partial charge in [-0.3, -0.25) is 4.72 Å². The van der Waals surface area contributed by atoms with Crippen LogP contribution >= 0.6 is 11.6 Å². The summed E-state index contributed by atoms with van der Waals surface area (Å²) in [6, 6.07) is 4.76. The Kier molecular flexibility index (Phi) is 7.54. The summed E-state index contributed by atoms with van der Waals surface area (Å²) >= 11 is 5.89. The van der Waals surface area contributed by atoms with E-state index in [0.717, 1.165) is 0 Å². The van der Waals surface area contributed by atoms with Gasteiger partial charge in [-0.05, 0) is 25.1 Å². The fourth-order valence-electron chi connectivity index (χ4n) is 1.46. The molecule has 0 spiro atoms. The highest BCUT2D eigenvalue weighted by Crippen LogP contribution is 2.21. The first-order chi connectivity index (χ1) is 9.98. The average Bonchev–Trinajstić information content (AvgIpc) is 2.41. The van der Waals surface area contributed by atoms with E-state index in [2.05, 4.69) is 16.6 Å². The Morgan fingerprint density at radius 2 is 2.19 bits per heavy atom. The van der Waals surface area contributed by atoms with E-state index in [1.54, 1.807) is 19.1 Å². The van der Waals surface area contributed by atoms with Gasteiger partial charge in [0, 0.05) is 23.6 Å². The number of halogens is 1. The summed E-state index contributed by atoms with van der Waals surface area (Å²) in [4.78, 5) is 0. The zero-order valence-corrected chi connectivity index (χ0v) is 13.3. The van der Waals surface area contributed by atoms with Gasteiger partial charge in [0.1, 0.15) is 0 Å². The summed E-state index contributed by atoms with van der Waals surface area (Å²) in [7, 11) is -3.53. The lowest BCUT2D eigenvalue weighted by molar-refractivity contribution is 0.163. The maximum absolute atomic E-state index is 11.9. The van der Waals surface area contributed by atoms with Crippen LogP contribution in [0.25, 0.3) is 0 Å². The molecule has 0 fully saturated rings. The largest absolute Gasteiger partial charge is 0.395 e. The van der Waals surface area contributed by atoms with Crippen molar-refractivity contribution in [1.29, 1.82) is 0 Å². The van der Waals surface area contributed by atoms with Crippen molar-refractivity contribution in [3.63, 3.8) is 0 Å². The first-order valence-electron chi connectivity index (χ1n) is 6.46. The van der Waals surface area contributed by atoms with Crippen LogP contribution in [0.3, 0.4) is 0 Å². The smallest absolute Gasteiger partial charge is 0.235 e. The van der Waals surface area contributed by atoms with Crippen LogP contribution in [-0.2, 0) is 14.8 Å². The first-order valence-corrected chi connectivity index (χ1v) is 8.49. The maximum Gasteiger partial charge on any atom is 0.235 e. The fraction of sp³-hybridized carbons (Fsp3) is 0.429. The third kappa shape index (κ3) is 6.82. The summed E-state index contributed by atoms with van der Waals surface area (Å²) in [5.74, 6) is 5.41. The van der Waals surface area contributed by atoms with Gasteiger partial charge in [0.2, 0.25) is 10.0 Å². The lowest BCUT2D eigenvalue weighted by atomic mass is 10.2. The van der Waals surface area contributed by atoms with E-state index in [9.17, 15) is 8.42 Å². The fourth-order valence-corrected chi connectivity index (χ4v) is 2.57. The van der Waals surface area contributed by atoms with Crippen LogP contribution in [0.15, 0.2) is 18.2 Å². The van der Waals surface area contributed by atoms with Crippen LogP contribution in [0.4, 0.5) is 5.69 Å². The second-order valence-electron chi connectivity index (χ2n) is 4.08. The zero-order valence-electron chi connectivity index (χ0n) is 11.7. The van der Waals surface area contributed by atoms with Crippen LogP contribution in [-0.4, -0.2) is 39.1 Å². The molecule has 0 radical (unpaired) electrons. The van der Waals surface area contributed by atoms with Crippen molar-refractivity contribution >= 4 is 27.3 Å². The molecular weight excluding hydrogens is 314 g/mol. The zero-order chi connectivity index (χ0) is 15.7. The van der Waals surface area contributed by atoms with E-state index in [4.69, 9.17) is 21.4 Å². The molecule has 0 bridgehead atoms. The monoisotopic (exact) mass is 331 g/mol. The SMILES string of the molecule is CCOCCS(=O)(=O)Nc1cc(Cl)ccc1C#CCCO. The average molecular weight is 332 g/mol. The number of aliphatic hydroxyl groups excluding tert-OH is 1. The number of ether oxygens (including phenoxy) is 1. The van der Waals surface area contributed by atoms with Gasteiger partial charge in [0.05, 0.1) is 24.7 Å². The standard InChI is InChI=1S/C14H18ClNO4S/c1-2-20-9-10-21(18,19)16-14-11-13(15)7-6-12(14)5-3-4-8-17/h6-7,11,16-17H,2,4,8-10H2,1H3. The second-order valence-corrected chi connectivity index (χ2v) is 6.36. The summed E-state index contributed by atoms with van der Waals surface area (Å²) in [5.41, 5.74) is 0.831. The molecular formula is C14H18ClNO4S. The van der Waals surface area contributed by atoms with Gasteiger partial charge < -0.3 is 9.84 Å². The summed E-state index contributed by atoms with van der Waals surface area (Å²) in [5, 5.41) is 9.12. The minimum absolute atomic E-state index is 0.0456. The summed E-state index contributed by atoms with van der Waals surface area (Å²) in [6.45, 7) is 2.34. The number of hydrogen-bond acceptors (Lipinski definition) is 4. The van der Waals surface area contributed by atoms with E-state index >= 15 is 0 Å². The van der Waals surface area contributed by atoms with Crippen molar-refractivity contribution in [2.45, 2.75) is 13.3 Å². The highest BCUT2D eigenvalue weighted by molar-refractivity contribution is 7.92. The quantitative estimate of drug-likeness (QED) is 0.590. The van der Waals surface area contributed by atoms with Gasteiger partial charge in [0.25, 0.3) is 0 Å². The van der Waals surface area contributed by atoms with Crippen molar-refractivity contribution < 1.29 is 18.3 Å². The van der Waals surface area contributed by atoms with Crippen LogP contribution in [0.5, 0.6) is 0 Å². The Balaban J connectivity index is 2.91. The molecule has 7 heteroatoms. The van der Waals surface area contributed by atoms with Gasteiger partial charge in [0.15, 0.2) is 0 Å². The highest BCUT2D eigenvalue weighted by Gasteiger charge is 2.12. The number of anilines is 1. The summed E-state index contributed by atoms with van der Waals surface area (Å²) in [6.07, 6.45) is 0.319. The second kappa shape index (κ2) is 8.90. The minimum Gasteiger partial charge on any atom is -0.395 e. The maximum atomic E-state index is 11.9. The molecule has 0 unspecified atom stereocenters. The van der Waals surface area contributed by atoms with Gasteiger partial charge >= 0.3 is 0 Å². The third-order valence-corrected chi connectivity index (χ3v) is 3.88. The lowest BCUT2D eigenvalue weighted by Gasteiger charge is -2.10. The molecule has 5 nitrogen and oxygen atoms in total. The van der Waals surface area contributed by atoms with Crippen molar-refractivity contribution in [2.75, 3.05) is 30.3 Å². The Hall–Kier alpha value is -1.26. The van der Waals surface area contributed by atoms with E-state index in [0.29, 0.717) is 29.3 Å². The molecule has 21 heavy (non-hydrogen) atoms. The van der Waals surface area contributed by atoms with Crippen LogP contribution < -0.4 is 4.72 Å². The summed E-state index contributed by atoms with van der Waals surface area (Å²) < 4.78 is 31.4. The molecule has 116 valence electrons. The van der Waals surface area contributed by atoms with Crippen molar-refractivity contribution in [3.05, 3.63) is 28.8 Å². The van der Waals surface area contributed by atoms with Gasteiger partial charge in [-0.1, -0.05) is 23.4 Å². The Bertz CT molecular complexity index is 620. The molecule has 0 aliphatic carbocycles. The molecule has 0 amide bonds. The topological polar surface area (TPSA) is 75.6 Å². The molecule has 0 aromatic heterocycles. The number of nitrogens with one attached hydrogen (secondary N) is 1. The minimum atomic E-state index is -3.53. The number of sulfonamides is 1. The lowest BCUT2D eigenvalue weighted by Crippen LogP contribution is -2.20. The molecule has 0 atom stereocenters. The van der Waals surface area contributed by atoms with E-state index in [1.165, 1.54) is 6.07 Å². The van der Waals surface area contributed by atoms with Crippen LogP contribution in [0.1, 0.15) is 18.9 Å². The van der Waals surface area contributed by atoms with Crippen molar-refractivity contribution in [1.82, 2.24) is 0 Å². The molecule has 0 aliphatic rings. The third-order valence-electron chi connectivity index (χ3n) is 2.41. The molecule has 0 saturated carbocycles. The predicted molar refractivity (Wildman–Crippen MR) is 83.9 cm³/mol. The van der Waals surface area contributed by atoms with Gasteiger partial charge in [-0.2, -0.15) is 0 Å². The van der Waals surface area contributed by atoms with E-state index < -0.39 is 10.0 Å². The molecule has 0 saturated heterocycles. The number of hydrogen-bond donors (Lipinski definition) is 2. The number of benzene rings is 1. The van der Waals surface area contributed by atoms with Crippen molar-refractivity contribution in [3.8, 4) is 11.8 Å². The van der Waals surface area contributed by atoms with E-state index in [-0.39, 0.29) is 19.0 Å². The predicted octanol–water partition coefficient (Wildman–Crippen LogP) is 1.85. The molecule has 0 aliphatic heterocycles. The van der Waals surface area contributed by atoms with Crippen LogP contribution in [0.2, 0.25) is 5.02 Å². The molecule has 1 rings (SSSR count). The normalized spacial score (nSPS) is 10.8. The van der Waals surface area contributed by atoms with Gasteiger partial charge in [-0.15, -0.1) is 0 Å². The first kappa shape index (κ1) is 17.8. The van der Waals surface area contributed by atoms with Gasteiger partial charge in [-0.25, -0.2) is 8.42 Å². The van der Waals surface area contributed by atoms with E-state index in [1.807, 2.05) is 0 Å². The molecule has 0 heterocycles. The van der Waals surface area contributed by atoms with Crippen molar-refractivity contribution in [2.24, 2.45) is 0 Å². The molecule has 1 aromatic rings. The van der Waals surface area contributed by atoms with Crippen LogP contribution in [0, 0.1) is 11.8 Å². The molecule has 2 N–H and O–H groups in total. The number of rotatable bonds is 7. The Labute approximate surface area is 130 Å². The number of aliphatic hydroxyl groups is 1. The molecule has 1 aromatic carbocycles.